The molecule has 0 aliphatic carbocycles. The molecule has 0 unspecified atom stereocenters. The zero-order valence-electron chi connectivity index (χ0n) is 14.5. The summed E-state index contributed by atoms with van der Waals surface area (Å²) in [4.78, 5) is 12.2. The van der Waals surface area contributed by atoms with Crippen molar-refractivity contribution in [3.05, 3.63) is 47.0 Å². The van der Waals surface area contributed by atoms with Crippen molar-refractivity contribution in [3.8, 4) is 0 Å². The van der Waals surface area contributed by atoms with Crippen LogP contribution < -0.4 is 4.72 Å². The van der Waals surface area contributed by atoms with Crippen LogP contribution in [0.5, 0.6) is 0 Å². The van der Waals surface area contributed by atoms with Crippen LogP contribution in [-0.2, 0) is 16.2 Å². The number of aryl methyl sites for hydroxylation is 1. The fourth-order valence-corrected chi connectivity index (χ4v) is 3.10. The quantitative estimate of drug-likeness (QED) is 0.400. The highest BCUT2D eigenvalue weighted by Crippen LogP contribution is 2.23. The van der Waals surface area contributed by atoms with Gasteiger partial charge in [-0.25, -0.2) is 0 Å². The van der Waals surface area contributed by atoms with Crippen molar-refractivity contribution in [2.75, 3.05) is 6.54 Å². The number of nitrogens with one attached hydrogen (secondary N) is 1. The Bertz CT molecular complexity index is 549. The van der Waals surface area contributed by atoms with Gasteiger partial charge < -0.3 is 4.55 Å². The van der Waals surface area contributed by atoms with E-state index in [1.165, 1.54) is 11.1 Å². The standard InChI is InChI=1S/C18H26BrNO2S/c1-13-6-8-16(9-7-13)15(3)11-17(21)10-14(2)12-20-23(22)18(4,5)19/h6-10,15,20H,11-12H2,1-5H3/b14-10+/t15-,23+/m0/s1. The predicted octanol–water partition coefficient (Wildman–Crippen LogP) is 4.39. The van der Waals surface area contributed by atoms with E-state index in [-0.39, 0.29) is 11.7 Å². The van der Waals surface area contributed by atoms with Crippen LogP contribution in [0.3, 0.4) is 0 Å². The third-order valence-corrected chi connectivity index (χ3v) is 5.65. The molecule has 0 bridgehead atoms. The number of carbonyl (C=O) groups excluding carboxylic acids is 1. The molecule has 1 aromatic rings. The third-order valence-electron chi connectivity index (χ3n) is 3.48. The number of carbonyl (C=O) groups is 1. The molecular formula is C18H26BrNO2S. The average Bonchev–Trinajstić information content (AvgIpc) is 2.44. The Morgan fingerprint density at radius 3 is 2.48 bits per heavy atom. The Balaban J connectivity index is 2.52. The highest BCUT2D eigenvalue weighted by atomic mass is 79.9. The molecular weight excluding hydrogens is 374 g/mol. The lowest BCUT2D eigenvalue weighted by atomic mass is 9.94. The van der Waals surface area contributed by atoms with Crippen molar-refractivity contribution < 1.29 is 9.35 Å². The molecule has 2 atom stereocenters. The summed E-state index contributed by atoms with van der Waals surface area (Å²) >= 11 is 2.16. The van der Waals surface area contributed by atoms with Crippen LogP contribution in [0.4, 0.5) is 0 Å². The Hall–Kier alpha value is -0.620. The van der Waals surface area contributed by atoms with Gasteiger partial charge in [0.1, 0.15) is 0 Å². The number of rotatable bonds is 8. The average molecular weight is 400 g/mol. The monoisotopic (exact) mass is 399 g/mol. The molecule has 0 aromatic heterocycles. The maximum atomic E-state index is 12.2. The van der Waals surface area contributed by atoms with Crippen LogP contribution in [-0.4, -0.2) is 20.5 Å². The molecule has 0 aliphatic heterocycles. The summed E-state index contributed by atoms with van der Waals surface area (Å²) in [6.45, 7) is 10.1. The summed E-state index contributed by atoms with van der Waals surface area (Å²) in [6, 6.07) is 8.29. The topological polar surface area (TPSA) is 52.2 Å². The Labute approximate surface area is 151 Å². The minimum Gasteiger partial charge on any atom is -0.597 e. The number of hydrogen-bond acceptors (Lipinski definition) is 3. The molecule has 0 fully saturated rings. The van der Waals surface area contributed by atoms with Crippen molar-refractivity contribution >= 4 is 33.1 Å². The van der Waals surface area contributed by atoms with Crippen LogP contribution in [0.25, 0.3) is 0 Å². The second kappa shape index (κ2) is 9.02. The van der Waals surface area contributed by atoms with Gasteiger partial charge in [0.15, 0.2) is 9.44 Å². The molecule has 0 saturated heterocycles. The molecule has 3 nitrogen and oxygen atoms in total. The van der Waals surface area contributed by atoms with E-state index in [0.29, 0.717) is 13.0 Å². The molecule has 0 radical (unpaired) electrons. The molecule has 23 heavy (non-hydrogen) atoms. The predicted molar refractivity (Wildman–Crippen MR) is 102 cm³/mol. The maximum absolute atomic E-state index is 12.2. The van der Waals surface area contributed by atoms with E-state index in [2.05, 4.69) is 58.8 Å². The van der Waals surface area contributed by atoms with E-state index in [4.69, 9.17) is 0 Å². The molecule has 0 heterocycles. The number of hydrogen-bond donors (Lipinski definition) is 1. The van der Waals surface area contributed by atoms with Gasteiger partial charge in [0, 0.05) is 6.42 Å². The van der Waals surface area contributed by atoms with Crippen LogP contribution in [0.15, 0.2) is 35.9 Å². The second-order valence-corrected chi connectivity index (χ2v) is 10.8. The number of benzene rings is 1. The minimum atomic E-state index is -1.20. The number of ketones is 1. The number of alkyl halides is 1. The van der Waals surface area contributed by atoms with Crippen molar-refractivity contribution in [1.82, 2.24) is 4.72 Å². The second-order valence-electron chi connectivity index (χ2n) is 6.43. The summed E-state index contributed by atoms with van der Waals surface area (Å²) in [5.74, 6) is 0.289. The van der Waals surface area contributed by atoms with E-state index in [1.807, 2.05) is 20.8 Å². The smallest absolute Gasteiger partial charge is 0.192 e. The summed E-state index contributed by atoms with van der Waals surface area (Å²) in [7, 11) is 0. The summed E-state index contributed by atoms with van der Waals surface area (Å²) < 4.78 is 14.3. The zero-order valence-corrected chi connectivity index (χ0v) is 16.9. The summed E-state index contributed by atoms with van der Waals surface area (Å²) in [5, 5.41) is 0. The van der Waals surface area contributed by atoms with Crippen molar-refractivity contribution in [2.24, 2.45) is 0 Å². The van der Waals surface area contributed by atoms with Gasteiger partial charge >= 0.3 is 0 Å². The molecule has 1 rings (SSSR count). The molecule has 0 spiro atoms. The molecule has 0 amide bonds. The van der Waals surface area contributed by atoms with E-state index in [0.717, 1.165) is 5.57 Å². The van der Waals surface area contributed by atoms with Gasteiger partial charge in [-0.3, -0.25) is 4.79 Å². The van der Waals surface area contributed by atoms with Gasteiger partial charge in [-0.05, 0) is 61.2 Å². The Morgan fingerprint density at radius 1 is 1.39 bits per heavy atom. The Morgan fingerprint density at radius 2 is 1.96 bits per heavy atom. The molecule has 0 saturated carbocycles. The first-order chi connectivity index (χ1) is 10.6. The lowest BCUT2D eigenvalue weighted by Gasteiger charge is -2.21. The fraction of sp³-hybridized carbons (Fsp3) is 0.500. The van der Waals surface area contributed by atoms with Gasteiger partial charge in [-0.2, -0.15) is 0 Å². The molecule has 1 N–H and O–H groups in total. The normalized spacial score (nSPS) is 15.3. The number of allylic oxidation sites excluding steroid dienone is 1. The highest BCUT2D eigenvalue weighted by molar-refractivity contribution is 9.11. The van der Waals surface area contributed by atoms with Gasteiger partial charge in [-0.1, -0.05) is 42.3 Å². The molecule has 5 heteroatoms. The van der Waals surface area contributed by atoms with Crippen LogP contribution >= 0.6 is 15.9 Å². The van der Waals surface area contributed by atoms with Crippen LogP contribution in [0.1, 0.15) is 51.2 Å². The lowest BCUT2D eigenvalue weighted by Crippen LogP contribution is -2.38. The van der Waals surface area contributed by atoms with E-state index in [1.54, 1.807) is 6.08 Å². The largest absolute Gasteiger partial charge is 0.597 e. The lowest BCUT2D eigenvalue weighted by molar-refractivity contribution is -0.114. The first-order valence-corrected chi connectivity index (χ1v) is 9.64. The maximum Gasteiger partial charge on any atom is 0.192 e. The first kappa shape index (κ1) is 20.4. The SMILES string of the molecule is C/C(=C\C(=O)C[C@H](C)c1ccc(C)cc1)CN[S@+]([O-])C(C)(C)Br. The molecule has 0 aliphatic rings. The fourth-order valence-electron chi connectivity index (χ4n) is 2.05. The first-order valence-electron chi connectivity index (χ1n) is 7.70. The van der Waals surface area contributed by atoms with Crippen molar-refractivity contribution in [3.63, 3.8) is 0 Å². The minimum absolute atomic E-state index is 0.0984. The van der Waals surface area contributed by atoms with E-state index >= 15 is 0 Å². The van der Waals surface area contributed by atoms with Crippen molar-refractivity contribution in [2.45, 2.75) is 50.6 Å². The number of halogens is 1. The van der Waals surface area contributed by atoms with Gasteiger partial charge in [0.05, 0.1) is 17.9 Å². The van der Waals surface area contributed by atoms with E-state index < -0.39 is 15.0 Å². The molecule has 1 aromatic carbocycles. The van der Waals surface area contributed by atoms with Gasteiger partial charge in [0.2, 0.25) is 0 Å². The van der Waals surface area contributed by atoms with Gasteiger partial charge in [0.25, 0.3) is 0 Å². The Kier molecular flexibility index (Phi) is 8.01. The van der Waals surface area contributed by atoms with Crippen LogP contribution in [0.2, 0.25) is 0 Å². The zero-order chi connectivity index (χ0) is 17.6. The van der Waals surface area contributed by atoms with Crippen molar-refractivity contribution in [1.29, 1.82) is 0 Å². The van der Waals surface area contributed by atoms with Crippen LogP contribution in [0, 0.1) is 6.92 Å². The van der Waals surface area contributed by atoms with Gasteiger partial charge in [-0.15, -0.1) is 4.72 Å². The molecule has 128 valence electrons. The third kappa shape index (κ3) is 7.66. The highest BCUT2D eigenvalue weighted by Gasteiger charge is 2.28. The summed E-state index contributed by atoms with van der Waals surface area (Å²) in [5.41, 5.74) is 3.28. The summed E-state index contributed by atoms with van der Waals surface area (Å²) in [6.07, 6.45) is 2.13. The van der Waals surface area contributed by atoms with E-state index in [9.17, 15) is 9.35 Å².